The molecule has 0 bridgehead atoms. The minimum atomic E-state index is -0.163. The van der Waals surface area contributed by atoms with Gasteiger partial charge in [0.15, 0.2) is 5.75 Å². The smallest absolute Gasteiger partial charge is 0.260 e. The van der Waals surface area contributed by atoms with Crippen molar-refractivity contribution in [1.29, 1.82) is 5.26 Å². The van der Waals surface area contributed by atoms with Gasteiger partial charge >= 0.3 is 0 Å². The monoisotopic (exact) mass is 425 g/mol. The molecule has 0 aliphatic heterocycles. The van der Waals surface area contributed by atoms with Crippen LogP contribution < -0.4 is 10.3 Å². The number of aromatic nitrogens is 4. The zero-order valence-corrected chi connectivity index (χ0v) is 17.5. The van der Waals surface area contributed by atoms with Crippen LogP contribution in [0.4, 0.5) is 0 Å². The third kappa shape index (κ3) is 3.39. The number of nitrogens with zero attached hydrogens (tertiary/aromatic N) is 4. The molecule has 0 spiro atoms. The Bertz CT molecular complexity index is 1350. The molecule has 4 aromatic rings. The summed E-state index contributed by atoms with van der Waals surface area (Å²) in [6.45, 7) is 5.72. The molecule has 0 aliphatic carbocycles. The third-order valence-electron chi connectivity index (χ3n) is 4.57. The van der Waals surface area contributed by atoms with Crippen LogP contribution in [0.5, 0.6) is 5.75 Å². The summed E-state index contributed by atoms with van der Waals surface area (Å²) in [6.07, 6.45) is 0. The van der Waals surface area contributed by atoms with Gasteiger partial charge in [-0.2, -0.15) is 10.4 Å². The van der Waals surface area contributed by atoms with E-state index in [0.717, 1.165) is 16.9 Å². The highest BCUT2D eigenvalue weighted by Crippen LogP contribution is 2.28. The van der Waals surface area contributed by atoms with Gasteiger partial charge in [0.1, 0.15) is 29.0 Å². The zero-order valence-electron chi connectivity index (χ0n) is 15.9. The van der Waals surface area contributed by atoms with Crippen molar-refractivity contribution in [2.45, 2.75) is 27.4 Å². The van der Waals surface area contributed by atoms with Crippen LogP contribution in [0, 0.1) is 32.1 Å². The molecule has 4 rings (SSSR count). The Balaban J connectivity index is 1.63. The first kappa shape index (κ1) is 19.2. The number of hydrogen-bond acceptors (Lipinski definition) is 6. The summed E-state index contributed by atoms with van der Waals surface area (Å²) in [5, 5.41) is 16.5. The highest BCUT2D eigenvalue weighted by molar-refractivity contribution is 7.16. The number of aromatic amines is 1. The first-order valence-corrected chi connectivity index (χ1v) is 10.0. The van der Waals surface area contributed by atoms with Crippen LogP contribution in [-0.2, 0) is 6.61 Å². The van der Waals surface area contributed by atoms with Gasteiger partial charge in [-0.25, -0.2) is 9.67 Å². The Hall–Kier alpha value is -3.15. The van der Waals surface area contributed by atoms with Gasteiger partial charge in [-0.05, 0) is 49.9 Å². The van der Waals surface area contributed by atoms with E-state index in [1.807, 2.05) is 32.2 Å². The lowest BCUT2D eigenvalue weighted by molar-refractivity contribution is 0.292. The van der Waals surface area contributed by atoms with Crippen LogP contribution in [0.3, 0.4) is 0 Å². The summed E-state index contributed by atoms with van der Waals surface area (Å²) >= 11 is 7.59. The second kappa shape index (κ2) is 7.35. The van der Waals surface area contributed by atoms with Crippen molar-refractivity contribution in [1.82, 2.24) is 19.7 Å². The molecular weight excluding hydrogens is 410 g/mol. The average molecular weight is 426 g/mol. The predicted octanol–water partition coefficient (Wildman–Crippen LogP) is 4.20. The number of hydrogen-bond donors (Lipinski definition) is 1. The number of nitriles is 1. The lowest BCUT2D eigenvalue weighted by Gasteiger charge is -2.08. The number of H-pyrrole nitrogens is 1. The molecule has 9 heteroatoms. The summed E-state index contributed by atoms with van der Waals surface area (Å²) in [4.78, 5) is 20.3. The van der Waals surface area contributed by atoms with Crippen molar-refractivity contribution in [3.05, 3.63) is 67.3 Å². The van der Waals surface area contributed by atoms with Gasteiger partial charge in [-0.15, -0.1) is 11.3 Å². The van der Waals surface area contributed by atoms with E-state index in [0.29, 0.717) is 38.1 Å². The van der Waals surface area contributed by atoms with Crippen molar-refractivity contribution in [3.63, 3.8) is 0 Å². The van der Waals surface area contributed by atoms with Gasteiger partial charge in [0, 0.05) is 0 Å². The zero-order chi connectivity index (χ0) is 20.7. The normalized spacial score (nSPS) is 11.0. The topological polar surface area (TPSA) is 96.6 Å². The molecule has 0 aliphatic rings. The quantitative estimate of drug-likeness (QED) is 0.528. The van der Waals surface area contributed by atoms with Crippen molar-refractivity contribution < 1.29 is 4.74 Å². The minimum absolute atomic E-state index is 0.115. The number of thiophene rings is 1. The van der Waals surface area contributed by atoms with Gasteiger partial charge in [-0.3, -0.25) is 4.79 Å². The Morgan fingerprint density at radius 3 is 2.86 bits per heavy atom. The van der Waals surface area contributed by atoms with E-state index in [9.17, 15) is 4.79 Å². The summed E-state index contributed by atoms with van der Waals surface area (Å²) in [6, 6.07) is 7.16. The number of rotatable bonds is 4. The van der Waals surface area contributed by atoms with Gasteiger partial charge in [-0.1, -0.05) is 11.6 Å². The minimum Gasteiger partial charge on any atom is -0.482 e. The fourth-order valence-electron chi connectivity index (χ4n) is 3.16. The number of ether oxygens (including phenoxy) is 1. The average Bonchev–Trinajstić information content (AvgIpc) is 3.20. The Morgan fingerprint density at radius 1 is 1.34 bits per heavy atom. The Morgan fingerprint density at radius 2 is 2.14 bits per heavy atom. The number of fused-ring (bicyclic) bond motifs is 1. The van der Waals surface area contributed by atoms with E-state index < -0.39 is 0 Å². The summed E-state index contributed by atoms with van der Waals surface area (Å²) in [5.74, 6) is 1.06. The first-order valence-electron chi connectivity index (χ1n) is 8.75. The van der Waals surface area contributed by atoms with E-state index in [4.69, 9.17) is 21.6 Å². The second-order valence-corrected chi connectivity index (χ2v) is 7.85. The molecule has 29 heavy (non-hydrogen) atoms. The van der Waals surface area contributed by atoms with Gasteiger partial charge in [0.05, 0.1) is 27.4 Å². The molecule has 146 valence electrons. The van der Waals surface area contributed by atoms with E-state index in [1.165, 1.54) is 11.3 Å². The summed E-state index contributed by atoms with van der Waals surface area (Å²) in [5.41, 5.74) is 3.36. The van der Waals surface area contributed by atoms with Crippen molar-refractivity contribution >= 4 is 33.2 Å². The number of halogens is 1. The molecule has 0 unspecified atom stereocenters. The summed E-state index contributed by atoms with van der Waals surface area (Å²) < 4.78 is 7.65. The lowest BCUT2D eigenvalue weighted by Crippen LogP contribution is -2.13. The Kier molecular flexibility index (Phi) is 4.86. The molecule has 0 radical (unpaired) electrons. The molecule has 0 atom stereocenters. The maximum Gasteiger partial charge on any atom is 0.260 e. The van der Waals surface area contributed by atoms with Crippen LogP contribution >= 0.6 is 22.9 Å². The van der Waals surface area contributed by atoms with Gasteiger partial charge in [0.25, 0.3) is 5.56 Å². The standard InChI is InChI=1S/C20H16ClN5O2S/c1-10-9-29-20-17(10)19(27)23-16(24-20)8-28-18-11(2)25-26(12(18)3)14-5-4-13(7-22)15(21)6-14/h4-6,9H,8H2,1-3H3,(H,23,24,27). The SMILES string of the molecule is Cc1nn(-c2ccc(C#N)c(Cl)c2)c(C)c1OCc1nc2scc(C)c2c(=O)[nH]1. The first-order chi connectivity index (χ1) is 13.9. The Labute approximate surface area is 175 Å². The van der Waals surface area contributed by atoms with Crippen LogP contribution in [-0.4, -0.2) is 19.7 Å². The van der Waals surface area contributed by atoms with E-state index in [-0.39, 0.29) is 12.2 Å². The number of aryl methyl sites for hydroxylation is 2. The molecule has 0 saturated heterocycles. The van der Waals surface area contributed by atoms with E-state index in [1.54, 1.807) is 22.9 Å². The molecule has 1 aromatic carbocycles. The molecule has 3 aromatic heterocycles. The molecule has 0 saturated carbocycles. The molecule has 1 N–H and O–H groups in total. The molecule has 0 amide bonds. The predicted molar refractivity (Wildman–Crippen MR) is 112 cm³/mol. The van der Waals surface area contributed by atoms with Crippen LogP contribution in [0.1, 0.15) is 28.3 Å². The maximum atomic E-state index is 12.3. The molecule has 0 fully saturated rings. The fourth-order valence-corrected chi connectivity index (χ4v) is 4.31. The van der Waals surface area contributed by atoms with Crippen molar-refractivity contribution in [2.75, 3.05) is 0 Å². The van der Waals surface area contributed by atoms with Crippen LogP contribution in [0.2, 0.25) is 5.02 Å². The highest BCUT2D eigenvalue weighted by atomic mass is 35.5. The largest absolute Gasteiger partial charge is 0.482 e. The fraction of sp³-hybridized carbons (Fsp3) is 0.200. The number of benzene rings is 1. The van der Waals surface area contributed by atoms with E-state index in [2.05, 4.69) is 15.1 Å². The van der Waals surface area contributed by atoms with Gasteiger partial charge < -0.3 is 9.72 Å². The second-order valence-electron chi connectivity index (χ2n) is 6.59. The summed E-state index contributed by atoms with van der Waals surface area (Å²) in [7, 11) is 0. The molecule has 3 heterocycles. The number of nitrogens with one attached hydrogen (secondary N) is 1. The lowest BCUT2D eigenvalue weighted by atomic mass is 10.2. The maximum absolute atomic E-state index is 12.3. The van der Waals surface area contributed by atoms with Crippen molar-refractivity contribution in [3.8, 4) is 17.5 Å². The van der Waals surface area contributed by atoms with Crippen LogP contribution in [0.15, 0.2) is 28.4 Å². The van der Waals surface area contributed by atoms with E-state index >= 15 is 0 Å². The highest BCUT2D eigenvalue weighted by Gasteiger charge is 2.16. The van der Waals surface area contributed by atoms with Gasteiger partial charge in [0.2, 0.25) is 0 Å². The molecular formula is C20H16ClN5O2S. The van der Waals surface area contributed by atoms with Crippen molar-refractivity contribution in [2.24, 2.45) is 0 Å². The third-order valence-corrected chi connectivity index (χ3v) is 5.88. The van der Waals surface area contributed by atoms with Crippen LogP contribution in [0.25, 0.3) is 15.9 Å². The molecule has 7 nitrogen and oxygen atoms in total.